The lowest BCUT2D eigenvalue weighted by Gasteiger charge is -2.39. The summed E-state index contributed by atoms with van der Waals surface area (Å²) in [4.78, 5) is 22.4. The molecule has 1 aliphatic carbocycles. The molecule has 5 nitrogen and oxygen atoms in total. The molecule has 1 aromatic carbocycles. The van der Waals surface area contributed by atoms with E-state index in [0.29, 0.717) is 27.5 Å². The number of aryl methyl sites for hydroxylation is 1. The van der Waals surface area contributed by atoms with Gasteiger partial charge in [0.1, 0.15) is 5.82 Å². The summed E-state index contributed by atoms with van der Waals surface area (Å²) in [5.41, 5.74) is 8.51. The fourth-order valence-electron chi connectivity index (χ4n) is 4.80. The molecule has 0 radical (unpaired) electrons. The van der Waals surface area contributed by atoms with Crippen LogP contribution in [0.4, 0.5) is 11.8 Å². The fourth-order valence-corrected chi connectivity index (χ4v) is 4.98. The SMILES string of the molecule is Cc1ccc(-c2c(N)nc(N3CCC4(CC[C@H](C)C4)CC3)[nH]c2=O)cc1Cl. The van der Waals surface area contributed by atoms with Crippen LogP contribution in [-0.2, 0) is 0 Å². The lowest BCUT2D eigenvalue weighted by atomic mass is 9.76. The van der Waals surface area contributed by atoms with Gasteiger partial charge in [-0.2, -0.15) is 4.98 Å². The van der Waals surface area contributed by atoms with Gasteiger partial charge < -0.3 is 10.6 Å². The summed E-state index contributed by atoms with van der Waals surface area (Å²) in [5, 5.41) is 0.613. The van der Waals surface area contributed by atoms with E-state index in [1.165, 1.54) is 19.3 Å². The van der Waals surface area contributed by atoms with Crippen LogP contribution in [0.3, 0.4) is 0 Å². The predicted octanol–water partition coefficient (Wildman–Crippen LogP) is 4.39. The second-order valence-corrected chi connectivity index (χ2v) is 8.86. The minimum absolute atomic E-state index is 0.216. The molecule has 1 spiro atoms. The second kappa shape index (κ2) is 6.86. The van der Waals surface area contributed by atoms with E-state index in [4.69, 9.17) is 17.3 Å². The first-order valence-corrected chi connectivity index (χ1v) is 10.2. The van der Waals surface area contributed by atoms with Gasteiger partial charge in [0, 0.05) is 18.1 Å². The molecule has 6 heteroatoms. The van der Waals surface area contributed by atoms with Crippen molar-refractivity contribution in [2.24, 2.45) is 11.3 Å². The third-order valence-corrected chi connectivity index (χ3v) is 6.88. The molecule has 1 atom stereocenters. The number of halogens is 1. The Bertz CT molecular complexity index is 915. The van der Waals surface area contributed by atoms with Gasteiger partial charge >= 0.3 is 0 Å². The van der Waals surface area contributed by atoms with Crippen LogP contribution in [0.5, 0.6) is 0 Å². The molecule has 2 aliphatic rings. The average Bonchev–Trinajstić information content (AvgIpc) is 2.98. The van der Waals surface area contributed by atoms with E-state index in [1.807, 2.05) is 19.1 Å². The van der Waals surface area contributed by atoms with Crippen molar-refractivity contribution in [1.82, 2.24) is 9.97 Å². The van der Waals surface area contributed by atoms with Crippen molar-refractivity contribution >= 4 is 23.4 Å². The largest absolute Gasteiger partial charge is 0.383 e. The zero-order chi connectivity index (χ0) is 19.2. The molecule has 1 aliphatic heterocycles. The fraction of sp³-hybridized carbons (Fsp3) is 0.524. The number of benzene rings is 1. The molecule has 3 N–H and O–H groups in total. The first-order valence-electron chi connectivity index (χ1n) is 9.78. The monoisotopic (exact) mass is 386 g/mol. The number of aromatic nitrogens is 2. The minimum Gasteiger partial charge on any atom is -0.383 e. The van der Waals surface area contributed by atoms with Gasteiger partial charge in [-0.15, -0.1) is 0 Å². The summed E-state index contributed by atoms with van der Waals surface area (Å²) in [5.74, 6) is 1.68. The number of nitrogens with one attached hydrogen (secondary N) is 1. The van der Waals surface area contributed by atoms with Crippen LogP contribution in [0.2, 0.25) is 5.02 Å². The molecule has 2 heterocycles. The maximum Gasteiger partial charge on any atom is 0.262 e. The lowest BCUT2D eigenvalue weighted by Crippen LogP contribution is -2.40. The van der Waals surface area contributed by atoms with Crippen molar-refractivity contribution in [3.8, 4) is 11.1 Å². The Morgan fingerprint density at radius 1 is 1.30 bits per heavy atom. The quantitative estimate of drug-likeness (QED) is 0.802. The van der Waals surface area contributed by atoms with Gasteiger partial charge in [-0.1, -0.05) is 37.1 Å². The Labute approximate surface area is 164 Å². The summed E-state index contributed by atoms with van der Waals surface area (Å²) in [6.07, 6.45) is 6.34. The zero-order valence-electron chi connectivity index (χ0n) is 16.0. The number of aromatic amines is 1. The van der Waals surface area contributed by atoms with Crippen molar-refractivity contribution in [2.75, 3.05) is 23.7 Å². The Balaban J connectivity index is 1.57. The van der Waals surface area contributed by atoms with Crippen molar-refractivity contribution in [2.45, 2.75) is 46.0 Å². The maximum atomic E-state index is 12.7. The lowest BCUT2D eigenvalue weighted by molar-refractivity contribution is 0.218. The van der Waals surface area contributed by atoms with Gasteiger partial charge in [0.05, 0.1) is 5.56 Å². The molecule has 0 bridgehead atoms. The van der Waals surface area contributed by atoms with Crippen LogP contribution >= 0.6 is 11.6 Å². The summed E-state index contributed by atoms with van der Waals surface area (Å²) in [6, 6.07) is 5.51. The highest BCUT2D eigenvalue weighted by molar-refractivity contribution is 6.31. The molecule has 144 valence electrons. The zero-order valence-corrected chi connectivity index (χ0v) is 16.8. The Morgan fingerprint density at radius 2 is 2.04 bits per heavy atom. The standard InChI is InChI=1S/C21H27ClN4O/c1-13-5-6-21(12-13)7-9-26(10-8-21)20-24-18(23)17(19(27)25-20)15-4-3-14(2)16(22)11-15/h3-4,11,13H,5-10,12H2,1-2H3,(H3,23,24,25,27)/t13-/m0/s1. The van der Waals surface area contributed by atoms with Gasteiger partial charge in [0.15, 0.2) is 0 Å². The van der Waals surface area contributed by atoms with Crippen LogP contribution in [0.25, 0.3) is 11.1 Å². The van der Waals surface area contributed by atoms with Crippen LogP contribution in [0, 0.1) is 18.3 Å². The van der Waals surface area contributed by atoms with E-state index in [0.717, 1.165) is 37.4 Å². The number of hydrogen-bond acceptors (Lipinski definition) is 4. The van der Waals surface area contributed by atoms with Crippen LogP contribution in [-0.4, -0.2) is 23.1 Å². The van der Waals surface area contributed by atoms with Gasteiger partial charge in [-0.25, -0.2) is 0 Å². The van der Waals surface area contributed by atoms with Crippen molar-refractivity contribution in [3.63, 3.8) is 0 Å². The van der Waals surface area contributed by atoms with Gasteiger partial charge in [-0.05, 0) is 61.1 Å². The first-order chi connectivity index (χ1) is 12.9. The van der Waals surface area contributed by atoms with Crippen molar-refractivity contribution in [3.05, 3.63) is 39.1 Å². The minimum atomic E-state index is -0.216. The molecule has 4 rings (SSSR count). The number of nitrogen functional groups attached to an aromatic ring is 1. The maximum absolute atomic E-state index is 12.7. The molecular formula is C21H27ClN4O. The molecule has 1 aromatic heterocycles. The third-order valence-electron chi connectivity index (χ3n) is 6.47. The average molecular weight is 387 g/mol. The highest BCUT2D eigenvalue weighted by Gasteiger charge is 2.40. The van der Waals surface area contributed by atoms with Crippen LogP contribution in [0.15, 0.2) is 23.0 Å². The van der Waals surface area contributed by atoms with Gasteiger partial charge in [-0.3, -0.25) is 9.78 Å². The summed E-state index contributed by atoms with van der Waals surface area (Å²) < 4.78 is 0. The van der Waals surface area contributed by atoms with E-state index in [2.05, 4.69) is 21.8 Å². The smallest absolute Gasteiger partial charge is 0.262 e. The number of nitrogens with zero attached hydrogens (tertiary/aromatic N) is 2. The summed E-state index contributed by atoms with van der Waals surface area (Å²) in [6.45, 7) is 6.13. The number of anilines is 2. The van der Waals surface area contributed by atoms with Crippen molar-refractivity contribution < 1.29 is 0 Å². The molecule has 0 amide bonds. The number of rotatable bonds is 2. The predicted molar refractivity (Wildman–Crippen MR) is 111 cm³/mol. The summed E-state index contributed by atoms with van der Waals surface area (Å²) in [7, 11) is 0. The van der Waals surface area contributed by atoms with E-state index in [1.54, 1.807) is 6.07 Å². The molecule has 0 unspecified atom stereocenters. The highest BCUT2D eigenvalue weighted by atomic mass is 35.5. The molecular weight excluding hydrogens is 360 g/mol. The molecule has 27 heavy (non-hydrogen) atoms. The third kappa shape index (κ3) is 3.45. The first kappa shape index (κ1) is 18.4. The van der Waals surface area contributed by atoms with Crippen LogP contribution < -0.4 is 16.2 Å². The van der Waals surface area contributed by atoms with Crippen LogP contribution in [0.1, 0.15) is 44.6 Å². The summed E-state index contributed by atoms with van der Waals surface area (Å²) >= 11 is 6.21. The van der Waals surface area contributed by atoms with E-state index < -0.39 is 0 Å². The number of hydrogen-bond donors (Lipinski definition) is 2. The number of nitrogens with two attached hydrogens (primary N) is 1. The van der Waals surface area contributed by atoms with Crippen molar-refractivity contribution in [1.29, 1.82) is 0 Å². The molecule has 1 saturated carbocycles. The van der Waals surface area contributed by atoms with E-state index >= 15 is 0 Å². The molecule has 2 aromatic rings. The normalized spacial score (nSPS) is 21.7. The van der Waals surface area contributed by atoms with Gasteiger partial charge in [0.25, 0.3) is 5.56 Å². The Kier molecular flexibility index (Phi) is 4.66. The number of H-pyrrole nitrogens is 1. The highest BCUT2D eigenvalue weighted by Crippen LogP contribution is 2.48. The topological polar surface area (TPSA) is 75.0 Å². The molecule has 2 fully saturated rings. The van der Waals surface area contributed by atoms with E-state index in [-0.39, 0.29) is 11.4 Å². The second-order valence-electron chi connectivity index (χ2n) is 8.45. The Hall–Kier alpha value is -2.01. The Morgan fingerprint density at radius 3 is 2.63 bits per heavy atom. The number of piperidine rings is 1. The van der Waals surface area contributed by atoms with E-state index in [9.17, 15) is 4.79 Å². The van der Waals surface area contributed by atoms with Gasteiger partial charge in [0.2, 0.25) is 5.95 Å². The molecule has 1 saturated heterocycles.